The van der Waals surface area contributed by atoms with E-state index in [-0.39, 0.29) is 11.3 Å². The predicted octanol–water partition coefficient (Wildman–Crippen LogP) is 2.71. The lowest BCUT2D eigenvalue weighted by Crippen LogP contribution is -2.48. The van der Waals surface area contributed by atoms with E-state index in [1.165, 1.54) is 32.1 Å². The molecule has 2 atom stereocenters. The van der Waals surface area contributed by atoms with E-state index in [1.807, 2.05) is 0 Å². The quantitative estimate of drug-likeness (QED) is 0.824. The number of piperidine rings is 1. The van der Waals surface area contributed by atoms with Crippen molar-refractivity contribution in [2.75, 3.05) is 13.1 Å². The maximum absolute atomic E-state index is 12.5. The Bertz CT molecular complexity index is 308. The standard InChI is InChI=1S/C16H30N2O/c1-12(13-7-10-17-11-8-13)18-15(19)14-6-4-5-9-16(14,2)3/h12-14,17H,4-11H2,1-3H3,(H,18,19). The summed E-state index contributed by atoms with van der Waals surface area (Å²) in [5, 5.41) is 6.69. The first kappa shape index (κ1) is 14.8. The molecule has 1 amide bonds. The minimum Gasteiger partial charge on any atom is -0.353 e. The number of nitrogens with one attached hydrogen (secondary N) is 2. The number of carbonyl (C=O) groups is 1. The first-order chi connectivity index (χ1) is 9.00. The highest BCUT2D eigenvalue weighted by atomic mass is 16.2. The molecule has 0 aromatic heterocycles. The summed E-state index contributed by atoms with van der Waals surface area (Å²) < 4.78 is 0. The third kappa shape index (κ3) is 3.71. The minimum atomic E-state index is 0.177. The van der Waals surface area contributed by atoms with Crippen molar-refractivity contribution in [3.63, 3.8) is 0 Å². The smallest absolute Gasteiger partial charge is 0.223 e. The van der Waals surface area contributed by atoms with E-state index in [0.717, 1.165) is 19.5 Å². The van der Waals surface area contributed by atoms with Crippen LogP contribution < -0.4 is 10.6 Å². The lowest BCUT2D eigenvalue weighted by atomic mass is 9.68. The van der Waals surface area contributed by atoms with Crippen LogP contribution in [0, 0.1) is 17.3 Å². The monoisotopic (exact) mass is 266 g/mol. The van der Waals surface area contributed by atoms with Crippen molar-refractivity contribution in [3.8, 4) is 0 Å². The van der Waals surface area contributed by atoms with Crippen LogP contribution in [0.4, 0.5) is 0 Å². The van der Waals surface area contributed by atoms with E-state index in [1.54, 1.807) is 0 Å². The molecule has 0 radical (unpaired) electrons. The van der Waals surface area contributed by atoms with Crippen molar-refractivity contribution < 1.29 is 4.79 Å². The van der Waals surface area contributed by atoms with Crippen LogP contribution in [0.1, 0.15) is 59.3 Å². The van der Waals surface area contributed by atoms with Gasteiger partial charge in [0.2, 0.25) is 5.91 Å². The van der Waals surface area contributed by atoms with E-state index in [0.29, 0.717) is 17.9 Å². The fourth-order valence-corrected chi connectivity index (χ4v) is 3.77. The first-order valence-electron chi connectivity index (χ1n) is 8.02. The largest absolute Gasteiger partial charge is 0.353 e. The fraction of sp³-hybridized carbons (Fsp3) is 0.938. The van der Waals surface area contributed by atoms with Crippen molar-refractivity contribution in [3.05, 3.63) is 0 Å². The van der Waals surface area contributed by atoms with Gasteiger partial charge in [-0.1, -0.05) is 26.7 Å². The van der Waals surface area contributed by atoms with E-state index in [9.17, 15) is 4.79 Å². The summed E-state index contributed by atoms with van der Waals surface area (Å²) in [6.45, 7) is 8.89. The van der Waals surface area contributed by atoms with Gasteiger partial charge < -0.3 is 10.6 Å². The molecule has 2 unspecified atom stereocenters. The Morgan fingerprint density at radius 3 is 2.53 bits per heavy atom. The second kappa shape index (κ2) is 6.25. The summed E-state index contributed by atoms with van der Waals surface area (Å²) in [4.78, 5) is 12.5. The van der Waals surface area contributed by atoms with Crippen LogP contribution >= 0.6 is 0 Å². The number of hydrogen-bond donors (Lipinski definition) is 2. The fourth-order valence-electron chi connectivity index (χ4n) is 3.77. The Hall–Kier alpha value is -0.570. The van der Waals surface area contributed by atoms with Crippen molar-refractivity contribution in [1.82, 2.24) is 10.6 Å². The maximum Gasteiger partial charge on any atom is 0.223 e. The average Bonchev–Trinajstić information content (AvgIpc) is 2.39. The Kier molecular flexibility index (Phi) is 4.88. The van der Waals surface area contributed by atoms with Gasteiger partial charge in [0.05, 0.1) is 0 Å². The molecule has 0 aromatic carbocycles. The summed E-state index contributed by atoms with van der Waals surface area (Å²) in [5.41, 5.74) is 0.177. The zero-order valence-electron chi connectivity index (χ0n) is 12.8. The molecule has 1 saturated carbocycles. The molecule has 1 aliphatic carbocycles. The molecule has 1 aliphatic heterocycles. The molecule has 1 saturated heterocycles. The Morgan fingerprint density at radius 2 is 1.89 bits per heavy atom. The predicted molar refractivity (Wildman–Crippen MR) is 78.9 cm³/mol. The third-order valence-corrected chi connectivity index (χ3v) is 5.28. The summed E-state index contributed by atoms with van der Waals surface area (Å²) in [5.74, 6) is 1.16. The van der Waals surface area contributed by atoms with Gasteiger partial charge in [0.1, 0.15) is 0 Å². The van der Waals surface area contributed by atoms with Crippen LogP contribution in [-0.2, 0) is 4.79 Å². The molecule has 1 heterocycles. The van der Waals surface area contributed by atoms with Gasteiger partial charge in [-0.3, -0.25) is 4.79 Å². The van der Waals surface area contributed by atoms with Crippen LogP contribution in [0.5, 0.6) is 0 Å². The van der Waals surface area contributed by atoms with E-state index in [2.05, 4.69) is 31.4 Å². The highest BCUT2D eigenvalue weighted by Gasteiger charge is 2.37. The lowest BCUT2D eigenvalue weighted by Gasteiger charge is -2.39. The zero-order chi connectivity index (χ0) is 13.9. The molecule has 2 aliphatic rings. The Morgan fingerprint density at radius 1 is 1.21 bits per heavy atom. The molecule has 2 N–H and O–H groups in total. The highest BCUT2D eigenvalue weighted by Crippen LogP contribution is 2.40. The minimum absolute atomic E-state index is 0.177. The zero-order valence-corrected chi connectivity index (χ0v) is 12.8. The summed E-state index contributed by atoms with van der Waals surface area (Å²) in [6.07, 6.45) is 7.12. The summed E-state index contributed by atoms with van der Waals surface area (Å²) in [6, 6.07) is 0.326. The van der Waals surface area contributed by atoms with Gasteiger partial charge >= 0.3 is 0 Å². The van der Waals surface area contributed by atoms with Crippen LogP contribution in [-0.4, -0.2) is 25.0 Å². The number of carbonyl (C=O) groups excluding carboxylic acids is 1. The van der Waals surface area contributed by atoms with Crippen molar-refractivity contribution >= 4 is 5.91 Å². The average molecular weight is 266 g/mol. The van der Waals surface area contributed by atoms with Gasteiger partial charge in [-0.2, -0.15) is 0 Å². The van der Waals surface area contributed by atoms with Crippen LogP contribution in [0.15, 0.2) is 0 Å². The van der Waals surface area contributed by atoms with Gasteiger partial charge in [-0.15, -0.1) is 0 Å². The molecule has 19 heavy (non-hydrogen) atoms. The van der Waals surface area contributed by atoms with Crippen molar-refractivity contribution in [2.45, 2.75) is 65.3 Å². The van der Waals surface area contributed by atoms with Crippen LogP contribution in [0.2, 0.25) is 0 Å². The Balaban J connectivity index is 1.88. The molecule has 110 valence electrons. The van der Waals surface area contributed by atoms with Gasteiger partial charge in [-0.25, -0.2) is 0 Å². The van der Waals surface area contributed by atoms with E-state index < -0.39 is 0 Å². The molecular formula is C16H30N2O. The van der Waals surface area contributed by atoms with Gasteiger partial charge in [0.15, 0.2) is 0 Å². The van der Waals surface area contributed by atoms with E-state index in [4.69, 9.17) is 0 Å². The lowest BCUT2D eigenvalue weighted by molar-refractivity contribution is -0.131. The molecule has 0 spiro atoms. The van der Waals surface area contributed by atoms with Crippen LogP contribution in [0.3, 0.4) is 0 Å². The van der Waals surface area contributed by atoms with Crippen LogP contribution in [0.25, 0.3) is 0 Å². The highest BCUT2D eigenvalue weighted by molar-refractivity contribution is 5.79. The SMILES string of the molecule is CC(NC(=O)C1CCCCC1(C)C)C1CCNCC1. The molecule has 3 heteroatoms. The second-order valence-electron chi connectivity index (χ2n) is 7.17. The summed E-state index contributed by atoms with van der Waals surface area (Å²) in [7, 11) is 0. The summed E-state index contributed by atoms with van der Waals surface area (Å²) >= 11 is 0. The number of rotatable bonds is 3. The second-order valence-corrected chi connectivity index (χ2v) is 7.17. The van der Waals surface area contributed by atoms with Gasteiger partial charge in [0, 0.05) is 12.0 Å². The van der Waals surface area contributed by atoms with Gasteiger partial charge in [0.25, 0.3) is 0 Å². The Labute approximate surface area is 117 Å². The molecule has 0 bridgehead atoms. The van der Waals surface area contributed by atoms with Crippen molar-refractivity contribution in [1.29, 1.82) is 0 Å². The number of amides is 1. The number of hydrogen-bond acceptors (Lipinski definition) is 2. The van der Waals surface area contributed by atoms with Gasteiger partial charge in [-0.05, 0) is 57.0 Å². The van der Waals surface area contributed by atoms with Crippen molar-refractivity contribution in [2.24, 2.45) is 17.3 Å². The van der Waals surface area contributed by atoms with E-state index >= 15 is 0 Å². The molecular weight excluding hydrogens is 236 g/mol. The topological polar surface area (TPSA) is 41.1 Å². The maximum atomic E-state index is 12.5. The molecule has 2 rings (SSSR count). The third-order valence-electron chi connectivity index (χ3n) is 5.28. The first-order valence-corrected chi connectivity index (χ1v) is 8.02. The molecule has 3 nitrogen and oxygen atoms in total. The molecule has 2 fully saturated rings. The normalized spacial score (nSPS) is 29.7. The molecule has 0 aromatic rings.